The fourth-order valence-electron chi connectivity index (χ4n) is 4.09. The molecule has 9 heteroatoms. The predicted molar refractivity (Wildman–Crippen MR) is 107 cm³/mol. The van der Waals surface area contributed by atoms with Gasteiger partial charge in [-0.05, 0) is 55.5 Å². The molecule has 2 aliphatic heterocycles. The average molecular weight is 436 g/mol. The van der Waals surface area contributed by atoms with Crippen LogP contribution < -0.4 is 9.64 Å². The van der Waals surface area contributed by atoms with Crippen molar-refractivity contribution in [3.8, 4) is 5.75 Å². The van der Waals surface area contributed by atoms with Crippen LogP contribution in [0.5, 0.6) is 5.75 Å². The van der Waals surface area contributed by atoms with Gasteiger partial charge in [-0.15, -0.1) is 0 Å². The number of benzene rings is 2. The fraction of sp³-hybridized carbons (Fsp3) is 0.381. The number of aryl methyl sites for hydroxylation is 1. The van der Waals surface area contributed by atoms with Crippen molar-refractivity contribution in [1.29, 1.82) is 0 Å². The lowest BCUT2D eigenvalue weighted by molar-refractivity contribution is 0.0983. The number of rotatable bonds is 4. The normalized spacial score (nSPS) is 17.1. The maximum atomic E-state index is 14.5. The van der Waals surface area contributed by atoms with Gasteiger partial charge >= 0.3 is 0 Å². The number of sulfonamides is 1. The third-order valence-electron chi connectivity index (χ3n) is 5.54. The minimum absolute atomic E-state index is 0.0485. The van der Waals surface area contributed by atoms with Crippen LogP contribution in [-0.2, 0) is 16.4 Å². The minimum Gasteiger partial charge on any atom is -0.495 e. The molecule has 0 spiro atoms. The summed E-state index contributed by atoms with van der Waals surface area (Å²) >= 11 is 0. The number of ether oxygens (including phenoxy) is 1. The largest absolute Gasteiger partial charge is 0.495 e. The molecular weight excluding hydrogens is 414 g/mol. The third kappa shape index (κ3) is 3.56. The van der Waals surface area contributed by atoms with E-state index in [0.29, 0.717) is 31.5 Å². The lowest BCUT2D eigenvalue weighted by atomic mass is 10.00. The topological polar surface area (TPSA) is 66.9 Å². The summed E-state index contributed by atoms with van der Waals surface area (Å²) in [6, 6.07) is 6.16. The van der Waals surface area contributed by atoms with Gasteiger partial charge in [-0.2, -0.15) is 4.31 Å². The highest BCUT2D eigenvalue weighted by molar-refractivity contribution is 7.89. The van der Waals surface area contributed by atoms with Crippen LogP contribution in [0.4, 0.5) is 14.5 Å². The molecule has 0 bridgehead atoms. The summed E-state index contributed by atoms with van der Waals surface area (Å²) in [5.41, 5.74) is 0.572. The van der Waals surface area contributed by atoms with Crippen LogP contribution in [0, 0.1) is 11.6 Å². The average Bonchev–Trinajstić information content (AvgIpc) is 3.28. The number of hydrogen-bond donors (Lipinski definition) is 0. The van der Waals surface area contributed by atoms with Crippen LogP contribution in [0.25, 0.3) is 0 Å². The Bertz CT molecular complexity index is 1100. The van der Waals surface area contributed by atoms with Gasteiger partial charge in [0.25, 0.3) is 5.91 Å². The molecule has 1 saturated heterocycles. The first-order chi connectivity index (χ1) is 14.3. The molecule has 0 aromatic heterocycles. The molecule has 2 heterocycles. The molecular formula is C21H22F2N2O4S. The molecule has 160 valence electrons. The lowest BCUT2D eigenvalue weighted by Gasteiger charge is -2.30. The number of nitrogens with zero attached hydrogens (tertiary/aromatic N) is 2. The van der Waals surface area contributed by atoms with Gasteiger partial charge in [0.05, 0.1) is 12.8 Å². The highest BCUT2D eigenvalue weighted by Crippen LogP contribution is 2.34. The smallest absolute Gasteiger partial charge is 0.258 e. The van der Waals surface area contributed by atoms with E-state index < -0.39 is 27.6 Å². The lowest BCUT2D eigenvalue weighted by Crippen LogP contribution is -2.36. The van der Waals surface area contributed by atoms with Crippen LogP contribution in [0.3, 0.4) is 0 Å². The molecule has 0 aliphatic carbocycles. The van der Waals surface area contributed by atoms with Crippen LogP contribution in [0.15, 0.2) is 35.2 Å². The SMILES string of the molecule is COc1ccc(C(=O)N2CCCc3cc(F)cc(F)c32)cc1S(=O)(=O)N1CCCC1. The molecule has 1 fully saturated rings. The zero-order valence-electron chi connectivity index (χ0n) is 16.5. The zero-order valence-corrected chi connectivity index (χ0v) is 17.3. The second kappa shape index (κ2) is 7.96. The van der Waals surface area contributed by atoms with Gasteiger partial charge in [-0.3, -0.25) is 4.79 Å². The number of amides is 1. The van der Waals surface area contributed by atoms with E-state index in [9.17, 15) is 22.0 Å². The van der Waals surface area contributed by atoms with Crippen LogP contribution in [0.1, 0.15) is 35.2 Å². The van der Waals surface area contributed by atoms with E-state index in [0.717, 1.165) is 18.9 Å². The van der Waals surface area contributed by atoms with E-state index in [1.54, 1.807) is 0 Å². The second-order valence-electron chi connectivity index (χ2n) is 7.43. The number of carbonyl (C=O) groups excluding carboxylic acids is 1. The van der Waals surface area contributed by atoms with E-state index in [1.165, 1.54) is 40.6 Å². The molecule has 6 nitrogen and oxygen atoms in total. The van der Waals surface area contributed by atoms with Gasteiger partial charge in [0.1, 0.15) is 22.3 Å². The molecule has 0 radical (unpaired) electrons. The van der Waals surface area contributed by atoms with Crippen LogP contribution in [-0.4, -0.2) is 45.4 Å². The number of carbonyl (C=O) groups is 1. The molecule has 0 N–H and O–H groups in total. The van der Waals surface area contributed by atoms with Crippen molar-refractivity contribution in [2.75, 3.05) is 31.6 Å². The Hall–Kier alpha value is -2.52. The van der Waals surface area contributed by atoms with E-state index in [1.807, 2.05) is 0 Å². The van der Waals surface area contributed by atoms with Crippen molar-refractivity contribution >= 4 is 21.6 Å². The molecule has 2 aliphatic rings. The van der Waals surface area contributed by atoms with E-state index >= 15 is 0 Å². The van der Waals surface area contributed by atoms with Crippen molar-refractivity contribution in [3.05, 3.63) is 53.1 Å². The maximum Gasteiger partial charge on any atom is 0.258 e. The van der Waals surface area contributed by atoms with Gasteiger partial charge in [0, 0.05) is 31.3 Å². The number of methoxy groups -OCH3 is 1. The first-order valence-electron chi connectivity index (χ1n) is 9.81. The van der Waals surface area contributed by atoms with Gasteiger partial charge in [-0.25, -0.2) is 17.2 Å². The molecule has 1 amide bonds. The molecule has 0 unspecified atom stereocenters. The summed E-state index contributed by atoms with van der Waals surface area (Å²) in [7, 11) is -2.46. The van der Waals surface area contributed by atoms with E-state index in [4.69, 9.17) is 4.74 Å². The predicted octanol–water partition coefficient (Wildman–Crippen LogP) is 3.35. The molecule has 0 atom stereocenters. The molecule has 30 heavy (non-hydrogen) atoms. The third-order valence-corrected chi connectivity index (χ3v) is 7.46. The standard InChI is InChI=1S/C21H22F2N2O4S/c1-29-18-7-6-15(12-19(18)30(27,28)24-8-2-3-9-24)21(26)25-10-4-5-14-11-16(22)13-17(23)20(14)25/h6-7,11-13H,2-5,8-10H2,1H3. The van der Waals surface area contributed by atoms with Crippen molar-refractivity contribution in [2.24, 2.45) is 0 Å². The summed E-state index contributed by atoms with van der Waals surface area (Å²) in [5, 5.41) is 0. The molecule has 2 aromatic carbocycles. The summed E-state index contributed by atoms with van der Waals surface area (Å²) in [6.45, 7) is 1.09. The highest BCUT2D eigenvalue weighted by atomic mass is 32.2. The summed E-state index contributed by atoms with van der Waals surface area (Å²) in [4.78, 5) is 14.4. The van der Waals surface area contributed by atoms with Gasteiger partial charge in [0.15, 0.2) is 0 Å². The monoisotopic (exact) mass is 436 g/mol. The zero-order chi connectivity index (χ0) is 21.5. The number of hydrogen-bond acceptors (Lipinski definition) is 4. The first-order valence-corrected chi connectivity index (χ1v) is 11.2. The van der Waals surface area contributed by atoms with Crippen LogP contribution >= 0.6 is 0 Å². The Morgan fingerprint density at radius 3 is 2.47 bits per heavy atom. The fourth-order valence-corrected chi connectivity index (χ4v) is 5.79. The van der Waals surface area contributed by atoms with Crippen molar-refractivity contribution in [3.63, 3.8) is 0 Å². The Balaban J connectivity index is 1.75. The van der Waals surface area contributed by atoms with Crippen molar-refractivity contribution in [1.82, 2.24) is 4.31 Å². The van der Waals surface area contributed by atoms with E-state index in [2.05, 4.69) is 0 Å². The quantitative estimate of drug-likeness (QED) is 0.737. The summed E-state index contributed by atoms with van der Waals surface area (Å²) in [6.07, 6.45) is 2.57. The van der Waals surface area contributed by atoms with Crippen LogP contribution in [0.2, 0.25) is 0 Å². The summed E-state index contributed by atoms with van der Waals surface area (Å²) in [5.74, 6) is -1.90. The Kier molecular flexibility index (Phi) is 5.50. The highest BCUT2D eigenvalue weighted by Gasteiger charge is 2.32. The number of halogens is 2. The van der Waals surface area contributed by atoms with Crippen molar-refractivity contribution in [2.45, 2.75) is 30.6 Å². The maximum absolute atomic E-state index is 14.5. The van der Waals surface area contributed by atoms with Gasteiger partial charge < -0.3 is 9.64 Å². The first kappa shape index (κ1) is 20.7. The Morgan fingerprint density at radius 1 is 1.03 bits per heavy atom. The number of anilines is 1. The molecule has 4 rings (SSSR count). The Morgan fingerprint density at radius 2 is 1.77 bits per heavy atom. The number of fused-ring (bicyclic) bond motifs is 1. The van der Waals surface area contributed by atoms with E-state index in [-0.39, 0.29) is 28.4 Å². The molecule has 0 saturated carbocycles. The van der Waals surface area contributed by atoms with Gasteiger partial charge in [0.2, 0.25) is 10.0 Å². The summed E-state index contributed by atoms with van der Waals surface area (Å²) < 4.78 is 60.8. The second-order valence-corrected chi connectivity index (χ2v) is 9.34. The minimum atomic E-state index is -3.83. The van der Waals surface area contributed by atoms with Gasteiger partial charge in [-0.1, -0.05) is 0 Å². The molecule has 2 aromatic rings. The van der Waals surface area contributed by atoms with Crippen molar-refractivity contribution < 1.29 is 26.7 Å². The Labute approximate surface area is 174 Å².